The molecule has 3 aromatic rings. The molecule has 190 valence electrons. The van der Waals surface area contributed by atoms with E-state index in [-0.39, 0.29) is 23.3 Å². The molecule has 0 heterocycles. The van der Waals surface area contributed by atoms with Crippen molar-refractivity contribution in [3.63, 3.8) is 0 Å². The Morgan fingerprint density at radius 3 is 2.17 bits per heavy atom. The summed E-state index contributed by atoms with van der Waals surface area (Å²) in [5, 5.41) is 2.60. The predicted molar refractivity (Wildman–Crippen MR) is 120 cm³/mol. The molecule has 0 saturated heterocycles. The van der Waals surface area contributed by atoms with Crippen LogP contribution in [-0.2, 0) is 16.7 Å². The standard InChI is InChI=1S/C26H21F6NO3/c1-16(2)35-24(34)33-25(15-17-6-4-3-5-7-17,18-8-10-20(27)11-9-18)19-12-21(28)14-22(13-19)36-26(31,32)23(29)30/h3-14,23H,1,15H2,2H3,(H,33,34). The van der Waals surface area contributed by atoms with Crippen molar-refractivity contribution in [3.8, 4) is 5.75 Å². The maximum atomic E-state index is 14.7. The number of carbonyl (C=O) groups excluding carboxylic acids is 1. The average molecular weight is 509 g/mol. The zero-order valence-corrected chi connectivity index (χ0v) is 18.9. The van der Waals surface area contributed by atoms with Crippen LogP contribution in [0.3, 0.4) is 0 Å². The molecular weight excluding hydrogens is 488 g/mol. The minimum Gasteiger partial charge on any atom is -0.428 e. The number of benzene rings is 3. The summed E-state index contributed by atoms with van der Waals surface area (Å²) in [7, 11) is 0. The highest BCUT2D eigenvalue weighted by Crippen LogP contribution is 2.38. The van der Waals surface area contributed by atoms with Crippen LogP contribution >= 0.6 is 0 Å². The molecule has 1 amide bonds. The summed E-state index contributed by atoms with van der Waals surface area (Å²) < 4.78 is 90.3. The topological polar surface area (TPSA) is 47.6 Å². The van der Waals surface area contributed by atoms with Crippen molar-refractivity contribution in [1.82, 2.24) is 5.32 Å². The molecule has 0 aromatic heterocycles. The van der Waals surface area contributed by atoms with Crippen molar-refractivity contribution >= 4 is 6.09 Å². The number of allylic oxidation sites excluding steroid dienone is 1. The van der Waals surface area contributed by atoms with Crippen LogP contribution in [0.25, 0.3) is 0 Å². The summed E-state index contributed by atoms with van der Waals surface area (Å²) in [5.41, 5.74) is -1.09. The molecular formula is C26H21F6NO3. The lowest BCUT2D eigenvalue weighted by Crippen LogP contribution is -2.48. The molecule has 3 aromatic carbocycles. The monoisotopic (exact) mass is 509 g/mol. The van der Waals surface area contributed by atoms with Crippen molar-refractivity contribution < 1.29 is 40.6 Å². The highest BCUT2D eigenvalue weighted by atomic mass is 19.3. The normalized spacial score (nSPS) is 13.1. The minimum absolute atomic E-state index is 0.0139. The third-order valence-corrected chi connectivity index (χ3v) is 5.10. The molecule has 0 fully saturated rings. The number of amides is 1. The van der Waals surface area contributed by atoms with Crippen molar-refractivity contribution in [2.75, 3.05) is 0 Å². The quantitative estimate of drug-likeness (QED) is 0.251. The number of halogens is 6. The van der Waals surface area contributed by atoms with Crippen molar-refractivity contribution in [1.29, 1.82) is 0 Å². The van der Waals surface area contributed by atoms with E-state index in [1.165, 1.54) is 19.1 Å². The van der Waals surface area contributed by atoms with Gasteiger partial charge in [-0.1, -0.05) is 49.0 Å². The summed E-state index contributed by atoms with van der Waals surface area (Å²) in [4.78, 5) is 12.7. The lowest BCUT2D eigenvalue weighted by molar-refractivity contribution is -0.253. The molecule has 0 saturated carbocycles. The molecule has 0 aliphatic rings. The van der Waals surface area contributed by atoms with Crippen LogP contribution in [0.15, 0.2) is 85.1 Å². The van der Waals surface area contributed by atoms with Gasteiger partial charge in [0.2, 0.25) is 0 Å². The Kier molecular flexibility index (Phi) is 7.96. The number of alkyl halides is 4. The fraction of sp³-hybridized carbons (Fsp3) is 0.192. The zero-order valence-electron chi connectivity index (χ0n) is 18.9. The van der Waals surface area contributed by atoms with Crippen LogP contribution in [0.2, 0.25) is 0 Å². The van der Waals surface area contributed by atoms with E-state index in [1.807, 2.05) is 0 Å². The maximum Gasteiger partial charge on any atom is 0.461 e. The maximum absolute atomic E-state index is 14.7. The molecule has 0 spiro atoms. The van der Waals surface area contributed by atoms with Gasteiger partial charge in [-0.2, -0.15) is 17.6 Å². The minimum atomic E-state index is -4.91. The molecule has 1 N–H and O–H groups in total. The largest absolute Gasteiger partial charge is 0.461 e. The van der Waals surface area contributed by atoms with E-state index in [0.29, 0.717) is 11.6 Å². The lowest BCUT2D eigenvalue weighted by atomic mass is 9.78. The molecule has 4 nitrogen and oxygen atoms in total. The average Bonchev–Trinajstić information content (AvgIpc) is 2.78. The van der Waals surface area contributed by atoms with Gasteiger partial charge in [0.1, 0.15) is 17.4 Å². The fourth-order valence-electron chi connectivity index (χ4n) is 3.62. The van der Waals surface area contributed by atoms with Crippen LogP contribution in [0, 0.1) is 11.6 Å². The summed E-state index contributed by atoms with van der Waals surface area (Å²) in [6, 6.07) is 15.6. The van der Waals surface area contributed by atoms with Crippen LogP contribution in [0.4, 0.5) is 31.1 Å². The van der Waals surface area contributed by atoms with Crippen LogP contribution in [-0.4, -0.2) is 18.6 Å². The molecule has 0 aliphatic carbocycles. The van der Waals surface area contributed by atoms with E-state index in [1.54, 1.807) is 30.3 Å². The third-order valence-electron chi connectivity index (χ3n) is 5.10. The van der Waals surface area contributed by atoms with Gasteiger partial charge < -0.3 is 14.8 Å². The van der Waals surface area contributed by atoms with Crippen molar-refractivity contribution in [3.05, 3.63) is 113 Å². The highest BCUT2D eigenvalue weighted by molar-refractivity contribution is 5.71. The smallest absolute Gasteiger partial charge is 0.428 e. The number of hydrogen-bond acceptors (Lipinski definition) is 3. The van der Waals surface area contributed by atoms with Gasteiger partial charge in [0.05, 0.1) is 11.3 Å². The van der Waals surface area contributed by atoms with Gasteiger partial charge >= 0.3 is 18.6 Å². The first kappa shape index (κ1) is 26.7. The van der Waals surface area contributed by atoms with Gasteiger partial charge in [-0.05, 0) is 47.9 Å². The van der Waals surface area contributed by atoms with Gasteiger partial charge in [0, 0.05) is 12.5 Å². The number of ether oxygens (including phenoxy) is 2. The molecule has 0 bridgehead atoms. The van der Waals surface area contributed by atoms with Crippen LogP contribution < -0.4 is 10.1 Å². The Hall–Kier alpha value is -3.95. The summed E-state index contributed by atoms with van der Waals surface area (Å²) in [6.07, 6.45) is -10.2. The summed E-state index contributed by atoms with van der Waals surface area (Å²) >= 11 is 0. The van der Waals surface area contributed by atoms with Crippen LogP contribution in [0.5, 0.6) is 5.75 Å². The van der Waals surface area contributed by atoms with E-state index in [9.17, 15) is 31.1 Å². The van der Waals surface area contributed by atoms with Crippen LogP contribution in [0.1, 0.15) is 23.6 Å². The van der Waals surface area contributed by atoms with Gasteiger partial charge in [-0.15, -0.1) is 0 Å². The predicted octanol–water partition coefficient (Wildman–Crippen LogP) is 6.95. The summed E-state index contributed by atoms with van der Waals surface area (Å²) in [6.45, 7) is 4.88. The molecule has 36 heavy (non-hydrogen) atoms. The molecule has 0 radical (unpaired) electrons. The number of hydrogen-bond donors (Lipinski definition) is 1. The first-order chi connectivity index (χ1) is 16.9. The van der Waals surface area contributed by atoms with E-state index in [4.69, 9.17) is 4.74 Å². The Morgan fingerprint density at radius 1 is 0.944 bits per heavy atom. The summed E-state index contributed by atoms with van der Waals surface area (Å²) in [5.74, 6) is -2.62. The first-order valence-corrected chi connectivity index (χ1v) is 10.5. The number of rotatable bonds is 9. The number of nitrogens with one attached hydrogen (secondary N) is 1. The Bertz CT molecular complexity index is 1220. The fourth-order valence-corrected chi connectivity index (χ4v) is 3.62. The third kappa shape index (κ3) is 6.38. The molecule has 10 heteroatoms. The lowest BCUT2D eigenvalue weighted by Gasteiger charge is -2.36. The molecule has 1 unspecified atom stereocenters. The van der Waals surface area contributed by atoms with Gasteiger partial charge in [0.25, 0.3) is 0 Å². The first-order valence-electron chi connectivity index (χ1n) is 10.5. The Labute approximate surface area is 203 Å². The van der Waals surface area contributed by atoms with Gasteiger partial charge in [-0.3, -0.25) is 0 Å². The van der Waals surface area contributed by atoms with E-state index >= 15 is 0 Å². The second-order valence-electron chi connectivity index (χ2n) is 7.93. The SMILES string of the molecule is C=C(C)OC(=O)NC(Cc1ccccc1)(c1ccc(F)cc1)c1cc(F)cc(OC(F)(F)C(F)F)c1. The van der Waals surface area contributed by atoms with Crippen molar-refractivity contribution in [2.45, 2.75) is 31.4 Å². The Morgan fingerprint density at radius 2 is 1.58 bits per heavy atom. The van der Waals surface area contributed by atoms with E-state index in [0.717, 1.165) is 24.3 Å². The van der Waals surface area contributed by atoms with E-state index < -0.39 is 41.6 Å². The van der Waals surface area contributed by atoms with Gasteiger partial charge in [0.15, 0.2) is 0 Å². The second-order valence-corrected chi connectivity index (χ2v) is 7.93. The second kappa shape index (κ2) is 10.8. The molecule has 3 rings (SSSR count). The number of carbonyl (C=O) groups is 1. The zero-order chi connectivity index (χ0) is 26.5. The molecule has 0 aliphatic heterocycles. The number of alkyl carbamates (subject to hydrolysis) is 1. The van der Waals surface area contributed by atoms with E-state index in [2.05, 4.69) is 16.6 Å². The van der Waals surface area contributed by atoms with Gasteiger partial charge in [-0.25, -0.2) is 13.6 Å². The Balaban J connectivity index is 2.25. The van der Waals surface area contributed by atoms with Crippen molar-refractivity contribution in [2.24, 2.45) is 0 Å². The molecule has 1 atom stereocenters. The highest BCUT2D eigenvalue weighted by Gasteiger charge is 2.45.